The second-order valence-electron chi connectivity index (χ2n) is 5.85. The number of carbonyl (C=O) groups is 1. The lowest BCUT2D eigenvalue weighted by Gasteiger charge is -2.26. The van der Waals surface area contributed by atoms with Crippen LogP contribution in [0.5, 0.6) is 5.75 Å². The van der Waals surface area contributed by atoms with Crippen LogP contribution >= 0.6 is 0 Å². The van der Waals surface area contributed by atoms with Crippen LogP contribution in [-0.2, 0) is 9.84 Å². The largest absolute Gasteiger partial charge is 0.497 e. The molecular formula is C16H22O4S. The van der Waals surface area contributed by atoms with Gasteiger partial charge in [0.05, 0.1) is 12.4 Å². The molecule has 0 amide bonds. The Morgan fingerprint density at radius 3 is 2.48 bits per heavy atom. The fourth-order valence-electron chi connectivity index (χ4n) is 2.87. The lowest BCUT2D eigenvalue weighted by Crippen LogP contribution is -2.32. The maximum Gasteiger partial charge on any atom is 0.177 e. The van der Waals surface area contributed by atoms with E-state index in [0.29, 0.717) is 30.1 Å². The van der Waals surface area contributed by atoms with Crippen LogP contribution in [0.1, 0.15) is 43.0 Å². The number of sulfone groups is 1. The van der Waals surface area contributed by atoms with Crippen molar-refractivity contribution in [1.82, 2.24) is 0 Å². The third kappa shape index (κ3) is 4.06. The van der Waals surface area contributed by atoms with Crippen LogP contribution in [-0.4, -0.2) is 32.3 Å². The molecule has 1 aromatic carbocycles. The minimum absolute atomic E-state index is 0.337. The zero-order valence-electron chi connectivity index (χ0n) is 12.5. The predicted octanol–water partition coefficient (Wildman–Crippen LogP) is 2.87. The van der Waals surface area contributed by atoms with Gasteiger partial charge < -0.3 is 4.74 Å². The predicted molar refractivity (Wildman–Crippen MR) is 82.5 cm³/mol. The maximum absolute atomic E-state index is 12.4. The molecule has 0 bridgehead atoms. The number of hydrogen-bond acceptors (Lipinski definition) is 4. The second-order valence-corrected chi connectivity index (χ2v) is 8.13. The van der Waals surface area contributed by atoms with Gasteiger partial charge in [0, 0.05) is 5.56 Å². The average Bonchev–Trinajstić information content (AvgIpc) is 2.47. The van der Waals surface area contributed by atoms with Gasteiger partial charge in [-0.25, -0.2) is 8.42 Å². The Bertz CT molecular complexity index is 589. The first-order valence-corrected chi connectivity index (χ1v) is 9.02. The normalized spacial score (nSPS) is 22.8. The summed E-state index contributed by atoms with van der Waals surface area (Å²) in [6.45, 7) is 2.08. The van der Waals surface area contributed by atoms with Gasteiger partial charge in [0.1, 0.15) is 11.5 Å². The molecule has 0 N–H and O–H groups in total. The van der Waals surface area contributed by atoms with Gasteiger partial charge in [-0.3, -0.25) is 4.79 Å². The van der Waals surface area contributed by atoms with Crippen LogP contribution in [0.4, 0.5) is 0 Å². The van der Waals surface area contributed by atoms with Gasteiger partial charge in [-0.2, -0.15) is 0 Å². The monoisotopic (exact) mass is 310 g/mol. The summed E-state index contributed by atoms with van der Waals surface area (Å²) in [4.78, 5) is 12.2. The molecule has 2 rings (SSSR count). The summed E-state index contributed by atoms with van der Waals surface area (Å²) in [5, 5.41) is -0.358. The number of carbonyl (C=O) groups excluding carboxylic acids is 1. The molecule has 4 nitrogen and oxygen atoms in total. The minimum atomic E-state index is -3.36. The van der Waals surface area contributed by atoms with Crippen molar-refractivity contribution >= 4 is 15.6 Å². The van der Waals surface area contributed by atoms with Gasteiger partial charge in [0.25, 0.3) is 0 Å². The van der Waals surface area contributed by atoms with E-state index in [1.54, 1.807) is 31.4 Å². The van der Waals surface area contributed by atoms with Crippen LogP contribution in [0.3, 0.4) is 0 Å². The van der Waals surface area contributed by atoms with E-state index in [9.17, 15) is 13.2 Å². The molecule has 0 aliphatic heterocycles. The summed E-state index contributed by atoms with van der Waals surface area (Å²) >= 11 is 0. The zero-order valence-corrected chi connectivity index (χ0v) is 13.4. The summed E-state index contributed by atoms with van der Waals surface area (Å²) in [6.07, 6.45) is 3.38. The van der Waals surface area contributed by atoms with E-state index in [2.05, 4.69) is 6.92 Å². The highest BCUT2D eigenvalue weighted by molar-refractivity contribution is 7.92. The smallest absolute Gasteiger partial charge is 0.177 e. The highest BCUT2D eigenvalue weighted by Gasteiger charge is 2.31. The van der Waals surface area contributed by atoms with Gasteiger partial charge in [-0.1, -0.05) is 19.8 Å². The molecule has 2 unspecified atom stereocenters. The van der Waals surface area contributed by atoms with E-state index in [1.807, 2.05) is 0 Å². The van der Waals surface area contributed by atoms with Crippen molar-refractivity contribution in [2.75, 3.05) is 12.9 Å². The molecule has 1 aliphatic carbocycles. The summed E-state index contributed by atoms with van der Waals surface area (Å²) in [6, 6.07) is 6.56. The standard InChI is InChI=1S/C16H22O4S/c1-12-4-3-5-15(10-12)21(18,19)11-16(17)13-6-8-14(20-2)9-7-13/h6-9,12,15H,3-5,10-11H2,1-2H3. The molecule has 1 fully saturated rings. The molecule has 1 saturated carbocycles. The van der Waals surface area contributed by atoms with E-state index >= 15 is 0 Å². The Labute approximate surface area is 126 Å². The Balaban J connectivity index is 2.06. The van der Waals surface area contributed by atoms with Crippen LogP contribution in [0.25, 0.3) is 0 Å². The van der Waals surface area contributed by atoms with E-state index in [-0.39, 0.29) is 11.0 Å². The highest BCUT2D eigenvalue weighted by atomic mass is 32.2. The number of Topliss-reactive ketones (excluding diaryl/α,β-unsaturated/α-hetero) is 1. The van der Waals surface area contributed by atoms with E-state index in [0.717, 1.165) is 12.8 Å². The van der Waals surface area contributed by atoms with Crippen LogP contribution < -0.4 is 4.74 Å². The van der Waals surface area contributed by atoms with Gasteiger partial charge in [-0.05, 0) is 43.0 Å². The van der Waals surface area contributed by atoms with E-state index in [4.69, 9.17) is 4.74 Å². The molecule has 1 aromatic rings. The lowest BCUT2D eigenvalue weighted by molar-refractivity contribution is 0.102. The van der Waals surface area contributed by atoms with Gasteiger partial charge >= 0.3 is 0 Å². The molecule has 0 saturated heterocycles. The number of ether oxygens (including phenoxy) is 1. The number of methoxy groups -OCH3 is 1. The van der Waals surface area contributed by atoms with E-state index in [1.165, 1.54) is 0 Å². The first-order valence-electron chi connectivity index (χ1n) is 7.31. The molecule has 0 heterocycles. The third-order valence-corrected chi connectivity index (χ3v) is 6.25. The maximum atomic E-state index is 12.4. The average molecular weight is 310 g/mol. The Kier molecular flexibility index (Phi) is 5.04. The third-order valence-electron chi connectivity index (χ3n) is 4.14. The fraction of sp³-hybridized carbons (Fsp3) is 0.562. The second kappa shape index (κ2) is 6.60. The Morgan fingerprint density at radius 2 is 1.90 bits per heavy atom. The topological polar surface area (TPSA) is 60.4 Å². The van der Waals surface area contributed by atoms with Gasteiger partial charge in [-0.15, -0.1) is 0 Å². The van der Waals surface area contributed by atoms with Crippen molar-refractivity contribution < 1.29 is 17.9 Å². The molecule has 0 spiro atoms. The first-order chi connectivity index (χ1) is 9.92. The van der Waals surface area contributed by atoms with Crippen molar-refractivity contribution in [3.63, 3.8) is 0 Å². The lowest BCUT2D eigenvalue weighted by atomic mass is 9.91. The molecule has 21 heavy (non-hydrogen) atoms. The quantitative estimate of drug-likeness (QED) is 0.785. The fourth-order valence-corrected chi connectivity index (χ4v) is 4.78. The highest BCUT2D eigenvalue weighted by Crippen LogP contribution is 2.29. The van der Waals surface area contributed by atoms with Gasteiger partial charge in [0.2, 0.25) is 0 Å². The molecule has 2 atom stereocenters. The number of rotatable bonds is 5. The summed E-state index contributed by atoms with van der Waals surface area (Å²) in [7, 11) is -1.81. The van der Waals surface area contributed by atoms with Crippen molar-refractivity contribution in [3.05, 3.63) is 29.8 Å². The van der Waals surface area contributed by atoms with Crippen LogP contribution in [0.15, 0.2) is 24.3 Å². The molecule has 0 aromatic heterocycles. The van der Waals surface area contributed by atoms with E-state index < -0.39 is 15.6 Å². The van der Waals surface area contributed by atoms with Crippen LogP contribution in [0.2, 0.25) is 0 Å². The molecule has 0 radical (unpaired) electrons. The minimum Gasteiger partial charge on any atom is -0.497 e. The summed E-state index contributed by atoms with van der Waals surface area (Å²) in [5.41, 5.74) is 0.420. The molecule has 116 valence electrons. The van der Waals surface area contributed by atoms with Crippen molar-refractivity contribution in [2.45, 2.75) is 37.9 Å². The zero-order chi connectivity index (χ0) is 15.5. The first kappa shape index (κ1) is 16.0. The Hall–Kier alpha value is -1.36. The van der Waals surface area contributed by atoms with Gasteiger partial charge in [0.15, 0.2) is 15.6 Å². The number of hydrogen-bond donors (Lipinski definition) is 0. The number of benzene rings is 1. The molecule has 1 aliphatic rings. The summed E-state index contributed by atoms with van der Waals surface area (Å²) < 4.78 is 29.8. The summed E-state index contributed by atoms with van der Waals surface area (Å²) in [5.74, 6) is 0.345. The van der Waals surface area contributed by atoms with Crippen molar-refractivity contribution in [3.8, 4) is 5.75 Å². The Morgan fingerprint density at radius 1 is 1.24 bits per heavy atom. The SMILES string of the molecule is COc1ccc(C(=O)CS(=O)(=O)C2CCCC(C)C2)cc1. The van der Waals surface area contributed by atoms with Crippen LogP contribution in [0, 0.1) is 5.92 Å². The molecular weight excluding hydrogens is 288 g/mol. The van der Waals surface area contributed by atoms with Crippen molar-refractivity contribution in [2.24, 2.45) is 5.92 Å². The molecule has 5 heteroatoms. The van der Waals surface area contributed by atoms with Crippen molar-refractivity contribution in [1.29, 1.82) is 0 Å². The number of ketones is 1.